The molecule has 0 bridgehead atoms. The van der Waals surface area contributed by atoms with Crippen LogP contribution < -0.4 is 10.5 Å². The normalized spacial score (nSPS) is 22.9. The highest BCUT2D eigenvalue weighted by Gasteiger charge is 2.40. The third-order valence-electron chi connectivity index (χ3n) is 4.25. The van der Waals surface area contributed by atoms with Crippen LogP contribution >= 0.6 is 0 Å². The number of nitrogens with two attached hydrogens (primary N) is 1. The summed E-state index contributed by atoms with van der Waals surface area (Å²) in [5.41, 5.74) is 8.78. The Bertz CT molecular complexity index is 520. The molecule has 0 fully saturated rings. The first kappa shape index (κ1) is 12.9. The minimum Gasteiger partial charge on any atom is -0.486 e. The van der Waals surface area contributed by atoms with Gasteiger partial charge in [0, 0.05) is 5.69 Å². The number of ketones is 1. The summed E-state index contributed by atoms with van der Waals surface area (Å²) in [6.07, 6.45) is 0.416. The van der Waals surface area contributed by atoms with Crippen molar-refractivity contribution in [3.63, 3.8) is 0 Å². The summed E-state index contributed by atoms with van der Waals surface area (Å²) in [6, 6.07) is 1.75. The number of benzene rings is 1. The summed E-state index contributed by atoms with van der Waals surface area (Å²) in [6.45, 7) is 10.1. The van der Waals surface area contributed by atoms with Gasteiger partial charge in [0.1, 0.15) is 11.4 Å². The molecule has 3 nitrogen and oxygen atoms in total. The largest absolute Gasteiger partial charge is 0.486 e. The van der Waals surface area contributed by atoms with Gasteiger partial charge in [-0.15, -0.1) is 0 Å². The smallest absolute Gasteiger partial charge is 0.170 e. The molecule has 0 amide bonds. The maximum atomic E-state index is 12.3. The molecule has 0 saturated heterocycles. The number of carbonyl (C=O) groups excluding carboxylic acids is 1. The van der Waals surface area contributed by atoms with Crippen LogP contribution in [0.15, 0.2) is 6.07 Å². The van der Waals surface area contributed by atoms with Gasteiger partial charge in [0.05, 0.1) is 12.0 Å². The fourth-order valence-electron chi connectivity index (χ4n) is 2.26. The molecule has 3 heteroatoms. The molecule has 1 aromatic rings. The number of fused-ring (bicyclic) bond motifs is 1. The van der Waals surface area contributed by atoms with Crippen LogP contribution in [0, 0.1) is 19.8 Å². The average Bonchev–Trinajstić information content (AvgIpc) is 2.28. The summed E-state index contributed by atoms with van der Waals surface area (Å²) in [7, 11) is 0. The van der Waals surface area contributed by atoms with E-state index in [1.165, 1.54) is 0 Å². The first-order valence-electron chi connectivity index (χ1n) is 6.38. The molecule has 1 atom stereocenters. The minimum absolute atomic E-state index is 0.127. The number of carbonyl (C=O) groups is 1. The van der Waals surface area contributed by atoms with E-state index in [0.29, 0.717) is 23.4 Å². The number of rotatable bonds is 1. The summed E-state index contributed by atoms with van der Waals surface area (Å²) in [4.78, 5) is 12.3. The first-order valence-corrected chi connectivity index (χ1v) is 6.38. The lowest BCUT2D eigenvalue weighted by atomic mass is 9.82. The Morgan fingerprint density at radius 1 is 1.33 bits per heavy atom. The molecule has 1 aliphatic heterocycles. The van der Waals surface area contributed by atoms with Gasteiger partial charge in [-0.3, -0.25) is 4.79 Å². The number of anilines is 1. The van der Waals surface area contributed by atoms with Crippen molar-refractivity contribution in [3.05, 3.63) is 22.8 Å². The van der Waals surface area contributed by atoms with E-state index < -0.39 is 5.60 Å². The molecule has 0 aromatic heterocycles. The van der Waals surface area contributed by atoms with Crippen molar-refractivity contribution in [1.29, 1.82) is 0 Å². The highest BCUT2D eigenvalue weighted by Crippen LogP contribution is 2.41. The Balaban J connectivity index is 2.61. The molecule has 2 N–H and O–H groups in total. The van der Waals surface area contributed by atoms with Gasteiger partial charge in [-0.1, -0.05) is 13.8 Å². The van der Waals surface area contributed by atoms with Crippen LogP contribution in [0.3, 0.4) is 0 Å². The van der Waals surface area contributed by atoms with Crippen molar-refractivity contribution in [2.75, 3.05) is 5.73 Å². The van der Waals surface area contributed by atoms with Gasteiger partial charge >= 0.3 is 0 Å². The van der Waals surface area contributed by atoms with Crippen LogP contribution in [0.5, 0.6) is 5.75 Å². The van der Waals surface area contributed by atoms with Crippen LogP contribution in [0.4, 0.5) is 5.69 Å². The Hall–Kier alpha value is -1.51. The zero-order valence-electron chi connectivity index (χ0n) is 11.8. The zero-order valence-corrected chi connectivity index (χ0v) is 11.8. The lowest BCUT2D eigenvalue weighted by Crippen LogP contribution is -2.44. The summed E-state index contributed by atoms with van der Waals surface area (Å²) >= 11 is 0. The molecule has 1 aliphatic rings. The van der Waals surface area contributed by atoms with Crippen LogP contribution in [0.1, 0.15) is 48.7 Å². The van der Waals surface area contributed by atoms with Gasteiger partial charge in [-0.2, -0.15) is 0 Å². The molecule has 1 aromatic carbocycles. The van der Waals surface area contributed by atoms with Gasteiger partial charge in [0.2, 0.25) is 0 Å². The highest BCUT2D eigenvalue weighted by atomic mass is 16.5. The van der Waals surface area contributed by atoms with E-state index in [4.69, 9.17) is 10.5 Å². The second-order valence-corrected chi connectivity index (χ2v) is 5.76. The number of hydrogen-bond donors (Lipinski definition) is 1. The van der Waals surface area contributed by atoms with E-state index >= 15 is 0 Å². The maximum Gasteiger partial charge on any atom is 0.170 e. The van der Waals surface area contributed by atoms with Crippen LogP contribution in [0.25, 0.3) is 0 Å². The standard InChI is InChI=1S/C15H21NO2/c1-8(2)15(5)7-13(17)11-6-12(16)9(3)10(4)14(11)18-15/h6,8H,7,16H2,1-5H3. The number of nitrogen functional groups attached to an aromatic ring is 1. The minimum atomic E-state index is -0.419. The van der Waals surface area contributed by atoms with Crippen molar-refractivity contribution in [1.82, 2.24) is 0 Å². The van der Waals surface area contributed by atoms with E-state index in [1.807, 2.05) is 20.8 Å². The second-order valence-electron chi connectivity index (χ2n) is 5.76. The van der Waals surface area contributed by atoms with Crippen molar-refractivity contribution in [3.8, 4) is 5.75 Å². The Kier molecular flexibility index (Phi) is 2.88. The Morgan fingerprint density at radius 2 is 1.94 bits per heavy atom. The third kappa shape index (κ3) is 1.78. The van der Waals surface area contributed by atoms with Gasteiger partial charge < -0.3 is 10.5 Å². The first-order chi connectivity index (χ1) is 8.26. The zero-order chi connectivity index (χ0) is 13.7. The molecule has 0 radical (unpaired) electrons. The van der Waals surface area contributed by atoms with Crippen molar-refractivity contribution in [2.24, 2.45) is 5.92 Å². The van der Waals surface area contributed by atoms with Crippen LogP contribution in [-0.4, -0.2) is 11.4 Å². The van der Waals surface area contributed by atoms with Crippen LogP contribution in [-0.2, 0) is 0 Å². The monoisotopic (exact) mass is 247 g/mol. The molecule has 1 unspecified atom stereocenters. The van der Waals surface area contributed by atoms with Crippen LogP contribution in [0.2, 0.25) is 0 Å². The summed E-state index contributed by atoms with van der Waals surface area (Å²) < 4.78 is 6.14. The fourth-order valence-corrected chi connectivity index (χ4v) is 2.26. The van der Waals surface area contributed by atoms with Crippen molar-refractivity contribution in [2.45, 2.75) is 46.6 Å². The molecular weight excluding hydrogens is 226 g/mol. The molecule has 0 spiro atoms. The molecular formula is C15H21NO2. The van der Waals surface area contributed by atoms with Crippen molar-refractivity contribution < 1.29 is 9.53 Å². The molecule has 0 aliphatic carbocycles. The Labute approximate surface area is 108 Å². The van der Waals surface area contributed by atoms with Gasteiger partial charge in [0.25, 0.3) is 0 Å². The SMILES string of the molecule is Cc1c(N)cc2c(c1C)OC(C)(C(C)C)CC2=O. The van der Waals surface area contributed by atoms with E-state index in [2.05, 4.69) is 13.8 Å². The van der Waals surface area contributed by atoms with E-state index in [0.717, 1.165) is 11.1 Å². The average molecular weight is 247 g/mol. The predicted molar refractivity (Wildman–Crippen MR) is 73.1 cm³/mol. The number of hydrogen-bond acceptors (Lipinski definition) is 3. The maximum absolute atomic E-state index is 12.3. The van der Waals surface area contributed by atoms with Gasteiger partial charge in [0.15, 0.2) is 5.78 Å². The van der Waals surface area contributed by atoms with Gasteiger partial charge in [-0.05, 0) is 43.9 Å². The predicted octanol–water partition coefficient (Wildman–Crippen LogP) is 3.27. The van der Waals surface area contributed by atoms with E-state index in [1.54, 1.807) is 6.07 Å². The Morgan fingerprint density at radius 3 is 2.50 bits per heavy atom. The molecule has 1 heterocycles. The number of Topliss-reactive ketones (excluding diaryl/α,β-unsaturated/α-hetero) is 1. The summed E-state index contributed by atoms with van der Waals surface area (Å²) in [5, 5.41) is 0. The summed E-state index contributed by atoms with van der Waals surface area (Å²) in [5.74, 6) is 1.13. The second kappa shape index (κ2) is 4.01. The van der Waals surface area contributed by atoms with E-state index in [-0.39, 0.29) is 11.7 Å². The van der Waals surface area contributed by atoms with Gasteiger partial charge in [-0.25, -0.2) is 0 Å². The molecule has 2 rings (SSSR count). The number of ether oxygens (including phenoxy) is 1. The quantitative estimate of drug-likeness (QED) is 0.775. The molecule has 98 valence electrons. The topological polar surface area (TPSA) is 52.3 Å². The molecule has 0 saturated carbocycles. The molecule has 18 heavy (non-hydrogen) atoms. The fraction of sp³-hybridized carbons (Fsp3) is 0.533. The van der Waals surface area contributed by atoms with Crippen molar-refractivity contribution >= 4 is 11.5 Å². The third-order valence-corrected chi connectivity index (χ3v) is 4.25. The lowest BCUT2D eigenvalue weighted by molar-refractivity contribution is 0.0206. The van der Waals surface area contributed by atoms with E-state index in [9.17, 15) is 4.79 Å². The lowest BCUT2D eigenvalue weighted by Gasteiger charge is -2.39. The highest BCUT2D eigenvalue weighted by molar-refractivity contribution is 6.02.